The van der Waals surface area contributed by atoms with Gasteiger partial charge in [-0.2, -0.15) is 0 Å². The fraction of sp³-hybridized carbons (Fsp3) is 0.267. The molecular weight excluding hydrogens is 270 g/mol. The van der Waals surface area contributed by atoms with Gasteiger partial charge in [0.15, 0.2) is 5.82 Å². The summed E-state index contributed by atoms with van der Waals surface area (Å²) in [5.74, 6) is -0.748. The van der Waals surface area contributed by atoms with Gasteiger partial charge in [-0.1, -0.05) is 23.8 Å². The van der Waals surface area contributed by atoms with Crippen LogP contribution in [0, 0.1) is 6.92 Å². The number of aliphatic carboxylic acids is 1. The maximum absolute atomic E-state index is 12.3. The van der Waals surface area contributed by atoms with Crippen LogP contribution in [0.3, 0.4) is 0 Å². The third-order valence-corrected chi connectivity index (χ3v) is 3.58. The van der Waals surface area contributed by atoms with Gasteiger partial charge in [0.05, 0.1) is 0 Å². The number of aromatic nitrogens is 2. The Morgan fingerprint density at radius 2 is 2.10 bits per heavy atom. The van der Waals surface area contributed by atoms with Gasteiger partial charge in [0.1, 0.15) is 6.54 Å². The van der Waals surface area contributed by atoms with Crippen molar-refractivity contribution in [3.63, 3.8) is 0 Å². The lowest BCUT2D eigenvalue weighted by Gasteiger charge is -2.16. The normalized spacial score (nSPS) is 13.3. The first kappa shape index (κ1) is 13.4. The predicted octanol–water partition coefficient (Wildman–Crippen LogP) is 1.16. The number of nitrogens with zero attached hydrogens (tertiary/aromatic N) is 3. The van der Waals surface area contributed by atoms with Crippen molar-refractivity contribution in [1.82, 2.24) is 9.55 Å². The van der Waals surface area contributed by atoms with Gasteiger partial charge < -0.3 is 10.0 Å². The summed E-state index contributed by atoms with van der Waals surface area (Å²) in [6.07, 6.45) is 2.86. The fourth-order valence-electron chi connectivity index (χ4n) is 2.60. The molecule has 0 fully saturated rings. The summed E-state index contributed by atoms with van der Waals surface area (Å²) in [5.41, 5.74) is 3.17. The summed E-state index contributed by atoms with van der Waals surface area (Å²) in [4.78, 5) is 29.1. The summed E-state index contributed by atoms with van der Waals surface area (Å²) in [6, 6.07) is 6.21. The van der Waals surface area contributed by atoms with E-state index in [1.807, 2.05) is 17.9 Å². The van der Waals surface area contributed by atoms with Gasteiger partial charge in [0.25, 0.3) is 5.56 Å². The van der Waals surface area contributed by atoms with E-state index in [-0.39, 0.29) is 12.1 Å². The van der Waals surface area contributed by atoms with E-state index in [1.165, 1.54) is 33.7 Å². The number of hydrogen-bond acceptors (Lipinski definition) is 4. The summed E-state index contributed by atoms with van der Waals surface area (Å²) in [7, 11) is 0. The number of benzene rings is 1. The van der Waals surface area contributed by atoms with Crippen LogP contribution >= 0.6 is 0 Å². The molecule has 2 aromatic rings. The molecule has 3 rings (SSSR count). The van der Waals surface area contributed by atoms with E-state index in [2.05, 4.69) is 17.1 Å². The smallest absolute Gasteiger partial charge is 0.323 e. The van der Waals surface area contributed by atoms with E-state index >= 15 is 0 Å². The van der Waals surface area contributed by atoms with Crippen molar-refractivity contribution in [3.8, 4) is 0 Å². The molecule has 0 bridgehead atoms. The van der Waals surface area contributed by atoms with Gasteiger partial charge in [0.2, 0.25) is 0 Å². The van der Waals surface area contributed by atoms with Gasteiger partial charge in [-0.25, -0.2) is 4.98 Å². The second-order valence-corrected chi connectivity index (χ2v) is 5.21. The standard InChI is InChI=1S/C15H15N3O3/c1-10-2-3-11-7-18(8-12(11)6-10)14-15(21)17(5-4-16-14)9-13(19)20/h2-6H,7-9H2,1H3,(H,19,20). The molecule has 1 aliphatic heterocycles. The first-order valence-electron chi connectivity index (χ1n) is 6.65. The molecule has 0 saturated carbocycles. The minimum Gasteiger partial charge on any atom is -0.480 e. The molecule has 0 aliphatic carbocycles. The number of carboxylic acids is 1. The van der Waals surface area contributed by atoms with Gasteiger partial charge in [0, 0.05) is 25.5 Å². The maximum Gasteiger partial charge on any atom is 0.323 e. The third kappa shape index (κ3) is 2.52. The van der Waals surface area contributed by atoms with Crippen molar-refractivity contribution in [3.05, 3.63) is 57.6 Å². The number of hydrogen-bond donors (Lipinski definition) is 1. The van der Waals surface area contributed by atoms with Gasteiger partial charge in [-0.05, 0) is 18.1 Å². The van der Waals surface area contributed by atoms with Crippen molar-refractivity contribution in [1.29, 1.82) is 0 Å². The van der Waals surface area contributed by atoms with E-state index in [4.69, 9.17) is 5.11 Å². The SMILES string of the molecule is Cc1ccc2c(c1)CN(c1nccn(CC(=O)O)c1=O)C2. The first-order valence-corrected chi connectivity index (χ1v) is 6.65. The van der Waals surface area contributed by atoms with E-state index in [9.17, 15) is 9.59 Å². The van der Waals surface area contributed by atoms with Crippen molar-refractivity contribution < 1.29 is 9.90 Å². The molecule has 1 aromatic heterocycles. The Balaban J connectivity index is 1.93. The van der Waals surface area contributed by atoms with Crippen LogP contribution in [-0.4, -0.2) is 20.6 Å². The van der Waals surface area contributed by atoms with Crippen LogP contribution in [0.25, 0.3) is 0 Å². The molecule has 6 nitrogen and oxygen atoms in total. The average molecular weight is 285 g/mol. The summed E-state index contributed by atoms with van der Waals surface area (Å²) < 4.78 is 1.17. The first-order chi connectivity index (χ1) is 10.0. The molecule has 0 unspecified atom stereocenters. The number of aryl methyl sites for hydroxylation is 1. The Morgan fingerprint density at radius 1 is 1.33 bits per heavy atom. The molecule has 0 spiro atoms. The molecule has 21 heavy (non-hydrogen) atoms. The maximum atomic E-state index is 12.3. The monoisotopic (exact) mass is 285 g/mol. The molecule has 1 N–H and O–H groups in total. The Bertz CT molecular complexity index is 767. The molecule has 0 atom stereocenters. The fourth-order valence-corrected chi connectivity index (χ4v) is 2.60. The molecule has 0 saturated heterocycles. The molecule has 6 heteroatoms. The van der Waals surface area contributed by atoms with Crippen molar-refractivity contribution in [2.24, 2.45) is 0 Å². The summed E-state index contributed by atoms with van der Waals surface area (Å²) in [6.45, 7) is 2.92. The van der Waals surface area contributed by atoms with Crippen molar-refractivity contribution in [2.75, 3.05) is 4.90 Å². The van der Waals surface area contributed by atoms with Crippen LogP contribution in [0.1, 0.15) is 16.7 Å². The van der Waals surface area contributed by atoms with Gasteiger partial charge >= 0.3 is 5.97 Å². The van der Waals surface area contributed by atoms with Gasteiger partial charge in [-0.15, -0.1) is 0 Å². The van der Waals surface area contributed by atoms with Crippen LogP contribution in [0.4, 0.5) is 5.82 Å². The van der Waals surface area contributed by atoms with E-state index < -0.39 is 5.97 Å². The quantitative estimate of drug-likeness (QED) is 0.915. The van der Waals surface area contributed by atoms with E-state index in [0.29, 0.717) is 18.9 Å². The van der Waals surface area contributed by atoms with Crippen LogP contribution in [0.2, 0.25) is 0 Å². The highest BCUT2D eigenvalue weighted by Gasteiger charge is 2.23. The predicted molar refractivity (Wildman–Crippen MR) is 77.2 cm³/mol. The molecule has 0 radical (unpaired) electrons. The molecule has 2 heterocycles. The number of fused-ring (bicyclic) bond motifs is 1. The highest BCUT2D eigenvalue weighted by molar-refractivity contribution is 5.66. The summed E-state index contributed by atoms with van der Waals surface area (Å²) in [5, 5.41) is 8.83. The van der Waals surface area contributed by atoms with E-state index in [1.54, 1.807) is 0 Å². The zero-order chi connectivity index (χ0) is 15.0. The third-order valence-electron chi connectivity index (χ3n) is 3.58. The van der Waals surface area contributed by atoms with Crippen LogP contribution in [0.15, 0.2) is 35.4 Å². The van der Waals surface area contributed by atoms with Crippen molar-refractivity contribution in [2.45, 2.75) is 26.6 Å². The largest absolute Gasteiger partial charge is 0.480 e. The Labute approximate surface area is 121 Å². The highest BCUT2D eigenvalue weighted by atomic mass is 16.4. The number of carbonyl (C=O) groups is 1. The molecule has 0 amide bonds. The van der Waals surface area contributed by atoms with Crippen LogP contribution in [0.5, 0.6) is 0 Å². The molecule has 108 valence electrons. The Kier molecular flexibility index (Phi) is 3.21. The molecule has 1 aromatic carbocycles. The zero-order valence-corrected chi connectivity index (χ0v) is 11.6. The zero-order valence-electron chi connectivity index (χ0n) is 11.6. The average Bonchev–Trinajstić information content (AvgIpc) is 2.83. The highest BCUT2D eigenvalue weighted by Crippen LogP contribution is 2.25. The van der Waals surface area contributed by atoms with Crippen molar-refractivity contribution >= 4 is 11.8 Å². The number of carboxylic acid groups (broad SMARTS) is 1. The lowest BCUT2D eigenvalue weighted by molar-refractivity contribution is -0.137. The minimum atomic E-state index is -1.05. The minimum absolute atomic E-state index is 0.299. The second-order valence-electron chi connectivity index (χ2n) is 5.21. The molecular formula is C15H15N3O3. The lowest BCUT2D eigenvalue weighted by atomic mass is 10.1. The number of anilines is 1. The Hall–Kier alpha value is -2.63. The molecule has 1 aliphatic rings. The topological polar surface area (TPSA) is 75.4 Å². The van der Waals surface area contributed by atoms with Crippen LogP contribution < -0.4 is 10.5 Å². The van der Waals surface area contributed by atoms with E-state index in [0.717, 1.165) is 0 Å². The lowest BCUT2D eigenvalue weighted by Crippen LogP contribution is -2.31. The van der Waals surface area contributed by atoms with Gasteiger partial charge in [-0.3, -0.25) is 14.2 Å². The van der Waals surface area contributed by atoms with Crippen LogP contribution in [-0.2, 0) is 24.4 Å². The Morgan fingerprint density at radius 3 is 2.86 bits per heavy atom. The summed E-state index contributed by atoms with van der Waals surface area (Å²) >= 11 is 0. The number of rotatable bonds is 3. The second kappa shape index (κ2) is 5.05.